The quantitative estimate of drug-likeness (QED) is 0.381. The van der Waals surface area contributed by atoms with Crippen LogP contribution in [-0.4, -0.2) is 29.6 Å². The number of fused-ring (bicyclic) bond motifs is 2. The number of thiophene rings is 1. The van der Waals surface area contributed by atoms with E-state index in [0.29, 0.717) is 15.9 Å². The molecule has 1 aliphatic rings. The average molecular weight is 441 g/mol. The lowest BCUT2D eigenvalue weighted by Gasteiger charge is -2.34. The SMILES string of the molecule is O=c1c(C2=NS(O)(O)c3ccccc3N2)c(O)c2sccc2n1Cc1ccncc1. The third-order valence-electron chi connectivity index (χ3n) is 4.83. The van der Waals surface area contributed by atoms with Crippen LogP contribution < -0.4 is 10.9 Å². The van der Waals surface area contributed by atoms with Crippen LogP contribution in [0.3, 0.4) is 0 Å². The Labute approximate surface area is 176 Å². The minimum atomic E-state index is -3.52. The van der Waals surface area contributed by atoms with Crippen LogP contribution in [0.4, 0.5) is 5.69 Å². The Bertz CT molecular complexity index is 1360. The van der Waals surface area contributed by atoms with Crippen molar-refractivity contribution in [2.24, 2.45) is 4.40 Å². The molecule has 30 heavy (non-hydrogen) atoms. The summed E-state index contributed by atoms with van der Waals surface area (Å²) >= 11 is 1.29. The van der Waals surface area contributed by atoms with E-state index < -0.39 is 16.3 Å². The van der Waals surface area contributed by atoms with E-state index in [1.165, 1.54) is 15.9 Å². The van der Waals surface area contributed by atoms with Gasteiger partial charge in [-0.25, -0.2) is 0 Å². The van der Waals surface area contributed by atoms with Gasteiger partial charge in [-0.05, 0) is 41.3 Å². The third kappa shape index (κ3) is 2.97. The van der Waals surface area contributed by atoms with Gasteiger partial charge in [0.25, 0.3) is 5.56 Å². The Balaban J connectivity index is 1.73. The maximum atomic E-state index is 13.4. The Kier molecular flexibility index (Phi) is 4.36. The number of aromatic nitrogens is 2. The number of anilines is 1. The van der Waals surface area contributed by atoms with E-state index in [9.17, 15) is 19.0 Å². The molecule has 8 nitrogen and oxygen atoms in total. The van der Waals surface area contributed by atoms with Crippen molar-refractivity contribution in [3.05, 3.63) is 81.7 Å². The molecule has 0 aliphatic carbocycles. The summed E-state index contributed by atoms with van der Waals surface area (Å²) in [6.45, 7) is 0.266. The standard InChI is InChI=1S/C20H16N4O4S2/c25-17-16(19-22-13-3-1-2-4-15(13)30(27,28)23-19)20(26)24(14-7-10-29-18(14)17)11-12-5-8-21-9-6-12/h1-10,25,27-28H,11H2,(H,22,23). The molecule has 0 bridgehead atoms. The second-order valence-corrected chi connectivity index (χ2v) is 9.26. The summed E-state index contributed by atoms with van der Waals surface area (Å²) in [4.78, 5) is 17.7. The lowest BCUT2D eigenvalue weighted by Crippen LogP contribution is -2.32. The molecule has 152 valence electrons. The highest BCUT2D eigenvalue weighted by Crippen LogP contribution is 2.55. The molecule has 0 spiro atoms. The van der Waals surface area contributed by atoms with Gasteiger partial charge in [0.15, 0.2) is 11.6 Å². The number of pyridine rings is 2. The van der Waals surface area contributed by atoms with Crippen LogP contribution in [0.15, 0.2) is 74.3 Å². The summed E-state index contributed by atoms with van der Waals surface area (Å²) in [5.74, 6) is -0.313. The van der Waals surface area contributed by atoms with Gasteiger partial charge in [0.05, 0.1) is 22.4 Å². The topological polar surface area (TPSA) is 120 Å². The van der Waals surface area contributed by atoms with Gasteiger partial charge in [0, 0.05) is 12.4 Å². The molecule has 10 heteroatoms. The van der Waals surface area contributed by atoms with E-state index in [4.69, 9.17) is 0 Å². The molecular formula is C20H16N4O4S2. The Morgan fingerprint density at radius 3 is 2.67 bits per heavy atom. The largest absolute Gasteiger partial charge is 0.505 e. The van der Waals surface area contributed by atoms with Crippen LogP contribution in [0.2, 0.25) is 0 Å². The first-order valence-electron chi connectivity index (χ1n) is 8.92. The molecule has 4 heterocycles. The molecule has 4 N–H and O–H groups in total. The average Bonchev–Trinajstić information content (AvgIpc) is 3.22. The van der Waals surface area contributed by atoms with Crippen LogP contribution in [0, 0.1) is 0 Å². The van der Waals surface area contributed by atoms with E-state index in [1.54, 1.807) is 60.2 Å². The normalized spacial score (nSPS) is 15.9. The van der Waals surface area contributed by atoms with Gasteiger partial charge in [-0.15, -0.1) is 15.7 Å². The first kappa shape index (κ1) is 18.8. The smallest absolute Gasteiger partial charge is 0.266 e. The number of rotatable bonds is 3. The van der Waals surface area contributed by atoms with Crippen molar-refractivity contribution < 1.29 is 14.2 Å². The molecule has 0 amide bonds. The predicted molar refractivity (Wildman–Crippen MR) is 119 cm³/mol. The van der Waals surface area contributed by atoms with Gasteiger partial charge in [0.1, 0.15) is 10.5 Å². The Morgan fingerprint density at radius 2 is 1.87 bits per heavy atom. The molecule has 1 aromatic carbocycles. The molecule has 0 saturated heterocycles. The fourth-order valence-corrected chi connectivity index (χ4v) is 5.45. The van der Waals surface area contributed by atoms with Crippen molar-refractivity contribution in [1.82, 2.24) is 9.55 Å². The zero-order chi connectivity index (χ0) is 20.9. The van der Waals surface area contributed by atoms with Crippen LogP contribution in [-0.2, 0) is 6.54 Å². The van der Waals surface area contributed by atoms with Crippen molar-refractivity contribution >= 4 is 43.9 Å². The number of hydrogen-bond acceptors (Lipinski definition) is 8. The van der Waals surface area contributed by atoms with Gasteiger partial charge >= 0.3 is 0 Å². The van der Waals surface area contributed by atoms with Gasteiger partial charge in [0.2, 0.25) is 0 Å². The molecule has 0 fully saturated rings. The molecule has 3 aromatic heterocycles. The lowest BCUT2D eigenvalue weighted by molar-refractivity contribution is 0.478. The zero-order valence-corrected chi connectivity index (χ0v) is 17.0. The van der Waals surface area contributed by atoms with Crippen LogP contribution in [0.5, 0.6) is 5.75 Å². The number of nitrogens with one attached hydrogen (secondary N) is 1. The van der Waals surface area contributed by atoms with Crippen molar-refractivity contribution in [3.8, 4) is 5.75 Å². The lowest BCUT2D eigenvalue weighted by atomic mass is 10.1. The van der Waals surface area contributed by atoms with Crippen LogP contribution in [0.25, 0.3) is 10.2 Å². The highest BCUT2D eigenvalue weighted by atomic mass is 32.3. The summed E-state index contributed by atoms with van der Waals surface area (Å²) in [5, 5.41) is 15.7. The van der Waals surface area contributed by atoms with Crippen molar-refractivity contribution in [2.75, 3.05) is 5.32 Å². The second kappa shape index (κ2) is 6.96. The number of nitrogens with zero attached hydrogens (tertiary/aromatic N) is 3. The van der Waals surface area contributed by atoms with Crippen molar-refractivity contribution in [2.45, 2.75) is 11.4 Å². The minimum absolute atomic E-state index is 0.0741. The molecule has 0 atom stereocenters. The molecule has 0 unspecified atom stereocenters. The third-order valence-corrected chi connectivity index (χ3v) is 7.12. The molecule has 1 aliphatic heterocycles. The fourth-order valence-electron chi connectivity index (χ4n) is 3.44. The molecule has 0 saturated carbocycles. The van der Waals surface area contributed by atoms with Gasteiger partial charge < -0.3 is 15.0 Å². The predicted octanol–water partition coefficient (Wildman–Crippen LogP) is 4.11. The number of benzene rings is 1. The minimum Gasteiger partial charge on any atom is -0.505 e. The Morgan fingerprint density at radius 1 is 1.10 bits per heavy atom. The summed E-state index contributed by atoms with van der Waals surface area (Å²) in [7, 11) is -3.52. The van der Waals surface area contributed by atoms with E-state index in [-0.39, 0.29) is 28.6 Å². The summed E-state index contributed by atoms with van der Waals surface area (Å²) in [6, 6.07) is 12.0. The number of aromatic hydroxyl groups is 1. The van der Waals surface area contributed by atoms with E-state index in [2.05, 4.69) is 14.7 Å². The summed E-state index contributed by atoms with van der Waals surface area (Å²) in [5.41, 5.74) is 1.29. The van der Waals surface area contributed by atoms with E-state index >= 15 is 0 Å². The second-order valence-electron chi connectivity index (χ2n) is 6.69. The number of para-hydroxylation sites is 1. The van der Waals surface area contributed by atoms with Crippen LogP contribution >= 0.6 is 22.1 Å². The molecule has 5 rings (SSSR count). The van der Waals surface area contributed by atoms with Gasteiger partial charge in [-0.2, -0.15) is 0 Å². The summed E-state index contributed by atoms with van der Waals surface area (Å²) in [6.07, 6.45) is 3.29. The highest BCUT2D eigenvalue weighted by Gasteiger charge is 2.30. The molecule has 4 aromatic rings. The maximum absolute atomic E-state index is 13.4. The number of hydrogen-bond donors (Lipinski definition) is 4. The van der Waals surface area contributed by atoms with E-state index in [1.807, 2.05) is 0 Å². The first-order chi connectivity index (χ1) is 14.5. The fraction of sp³-hybridized carbons (Fsp3) is 0.0500. The highest BCUT2D eigenvalue weighted by molar-refractivity contribution is 8.23. The number of amidine groups is 1. The van der Waals surface area contributed by atoms with Crippen molar-refractivity contribution in [1.29, 1.82) is 0 Å². The van der Waals surface area contributed by atoms with E-state index in [0.717, 1.165) is 5.56 Å². The maximum Gasteiger partial charge on any atom is 0.266 e. The monoisotopic (exact) mass is 440 g/mol. The van der Waals surface area contributed by atoms with Crippen molar-refractivity contribution in [3.63, 3.8) is 0 Å². The molecule has 0 radical (unpaired) electrons. The van der Waals surface area contributed by atoms with Gasteiger partial charge in [-0.3, -0.25) is 18.9 Å². The van der Waals surface area contributed by atoms with Crippen LogP contribution in [0.1, 0.15) is 11.1 Å². The first-order valence-corrected chi connectivity index (χ1v) is 11.3. The van der Waals surface area contributed by atoms with Gasteiger partial charge in [-0.1, -0.05) is 22.9 Å². The molecular weight excluding hydrogens is 424 g/mol. The zero-order valence-electron chi connectivity index (χ0n) is 15.4. The Hall–Kier alpha value is -3.18. The summed E-state index contributed by atoms with van der Waals surface area (Å²) < 4.78 is 27.1.